The number of piperazine rings is 1. The summed E-state index contributed by atoms with van der Waals surface area (Å²) >= 11 is 1.60. The van der Waals surface area contributed by atoms with Crippen molar-refractivity contribution in [1.29, 1.82) is 0 Å². The van der Waals surface area contributed by atoms with Gasteiger partial charge in [0.05, 0.1) is 12.3 Å². The molecule has 1 amide bonds. The maximum atomic E-state index is 12.0. The van der Waals surface area contributed by atoms with Crippen molar-refractivity contribution in [3.8, 4) is 0 Å². The van der Waals surface area contributed by atoms with Crippen molar-refractivity contribution < 1.29 is 4.79 Å². The standard InChI is InChI=1S/C17H30N6OS/c1-20-8-10-22(11-9-20)12-15-18-19-17(21(15)2)14-4-6-23(7-5-14)16(24)13-25-3/h14H,4-13H2,1-3H3. The Bertz CT molecular complexity index is 576. The van der Waals surface area contributed by atoms with E-state index in [0.717, 1.165) is 70.3 Å². The highest BCUT2D eigenvalue weighted by atomic mass is 32.2. The van der Waals surface area contributed by atoms with Gasteiger partial charge in [-0.15, -0.1) is 10.2 Å². The number of piperidine rings is 1. The Balaban J connectivity index is 1.56. The molecule has 7 nitrogen and oxygen atoms in total. The lowest BCUT2D eigenvalue weighted by molar-refractivity contribution is -0.129. The minimum atomic E-state index is 0.264. The lowest BCUT2D eigenvalue weighted by atomic mass is 9.96. The Morgan fingerprint density at radius 1 is 1.08 bits per heavy atom. The van der Waals surface area contributed by atoms with E-state index in [0.29, 0.717) is 11.7 Å². The Kier molecular flexibility index (Phi) is 6.35. The van der Waals surface area contributed by atoms with Gasteiger partial charge in [-0.2, -0.15) is 11.8 Å². The van der Waals surface area contributed by atoms with E-state index in [-0.39, 0.29) is 5.91 Å². The van der Waals surface area contributed by atoms with Crippen molar-refractivity contribution in [2.75, 3.05) is 58.3 Å². The fourth-order valence-electron chi connectivity index (χ4n) is 3.68. The lowest BCUT2D eigenvalue weighted by Crippen LogP contribution is -2.44. The molecule has 140 valence electrons. The van der Waals surface area contributed by atoms with Gasteiger partial charge >= 0.3 is 0 Å². The van der Waals surface area contributed by atoms with Gasteiger partial charge in [0.2, 0.25) is 5.91 Å². The fourth-order valence-corrected chi connectivity index (χ4v) is 4.11. The Labute approximate surface area is 154 Å². The first-order valence-corrected chi connectivity index (χ1v) is 10.5. The molecule has 0 spiro atoms. The normalized spacial score (nSPS) is 21.0. The number of hydrogen-bond donors (Lipinski definition) is 0. The molecule has 2 aliphatic rings. The molecule has 0 radical (unpaired) electrons. The van der Waals surface area contributed by atoms with E-state index < -0.39 is 0 Å². The minimum absolute atomic E-state index is 0.264. The van der Waals surface area contributed by atoms with Crippen molar-refractivity contribution in [1.82, 2.24) is 29.5 Å². The quantitative estimate of drug-likeness (QED) is 0.762. The van der Waals surface area contributed by atoms with E-state index in [4.69, 9.17) is 0 Å². The number of amides is 1. The van der Waals surface area contributed by atoms with E-state index in [1.807, 2.05) is 11.2 Å². The molecule has 0 aliphatic carbocycles. The summed E-state index contributed by atoms with van der Waals surface area (Å²) in [7, 11) is 4.26. The maximum absolute atomic E-state index is 12.0. The van der Waals surface area contributed by atoms with Gasteiger partial charge in [0.25, 0.3) is 0 Å². The third-order valence-corrected chi connectivity index (χ3v) is 5.98. The number of thioether (sulfide) groups is 1. The topological polar surface area (TPSA) is 57.5 Å². The second-order valence-electron chi connectivity index (χ2n) is 7.20. The zero-order valence-corrected chi connectivity index (χ0v) is 16.5. The van der Waals surface area contributed by atoms with Gasteiger partial charge in [-0.05, 0) is 26.1 Å². The second kappa shape index (κ2) is 8.51. The smallest absolute Gasteiger partial charge is 0.232 e. The molecule has 0 aromatic carbocycles. The largest absolute Gasteiger partial charge is 0.342 e. The molecular formula is C17H30N6OS. The minimum Gasteiger partial charge on any atom is -0.342 e. The molecule has 2 aliphatic heterocycles. The van der Waals surface area contributed by atoms with E-state index in [1.54, 1.807) is 11.8 Å². The van der Waals surface area contributed by atoms with Crippen LogP contribution in [0.25, 0.3) is 0 Å². The van der Waals surface area contributed by atoms with Gasteiger partial charge in [-0.3, -0.25) is 9.69 Å². The number of nitrogens with zero attached hydrogens (tertiary/aromatic N) is 6. The first-order valence-electron chi connectivity index (χ1n) is 9.14. The number of likely N-dealkylation sites (N-methyl/N-ethyl adjacent to an activating group) is 1. The molecule has 0 bridgehead atoms. The van der Waals surface area contributed by atoms with Crippen LogP contribution in [0.5, 0.6) is 0 Å². The summed E-state index contributed by atoms with van der Waals surface area (Å²) in [6.07, 6.45) is 3.95. The first kappa shape index (κ1) is 18.7. The molecule has 2 fully saturated rings. The van der Waals surface area contributed by atoms with Crippen LogP contribution in [0.2, 0.25) is 0 Å². The van der Waals surface area contributed by atoms with Crippen molar-refractivity contribution in [3.05, 3.63) is 11.6 Å². The molecular weight excluding hydrogens is 336 g/mol. The van der Waals surface area contributed by atoms with Crippen LogP contribution >= 0.6 is 11.8 Å². The molecule has 0 unspecified atom stereocenters. The third kappa shape index (κ3) is 4.54. The van der Waals surface area contributed by atoms with Gasteiger partial charge in [0.15, 0.2) is 0 Å². The average molecular weight is 367 g/mol. The summed E-state index contributed by atoms with van der Waals surface area (Å²) in [4.78, 5) is 18.8. The zero-order chi connectivity index (χ0) is 17.8. The second-order valence-corrected chi connectivity index (χ2v) is 8.07. The Morgan fingerprint density at radius 2 is 1.76 bits per heavy atom. The van der Waals surface area contributed by atoms with Crippen LogP contribution in [0.1, 0.15) is 30.4 Å². The van der Waals surface area contributed by atoms with Crippen molar-refractivity contribution in [2.45, 2.75) is 25.3 Å². The van der Waals surface area contributed by atoms with E-state index in [9.17, 15) is 4.79 Å². The van der Waals surface area contributed by atoms with Crippen LogP contribution in [0.3, 0.4) is 0 Å². The first-order chi connectivity index (χ1) is 12.1. The molecule has 1 aromatic rings. The summed E-state index contributed by atoms with van der Waals surface area (Å²) in [6, 6.07) is 0. The van der Waals surface area contributed by atoms with E-state index in [2.05, 4.69) is 38.7 Å². The Hall–Kier alpha value is -1.12. The lowest BCUT2D eigenvalue weighted by Gasteiger charge is -2.32. The van der Waals surface area contributed by atoms with Crippen LogP contribution in [0, 0.1) is 0 Å². The van der Waals surface area contributed by atoms with Crippen LogP contribution < -0.4 is 0 Å². The van der Waals surface area contributed by atoms with Crippen molar-refractivity contribution in [3.63, 3.8) is 0 Å². The fraction of sp³-hybridized carbons (Fsp3) is 0.824. The van der Waals surface area contributed by atoms with E-state index >= 15 is 0 Å². The predicted molar refractivity (Wildman–Crippen MR) is 101 cm³/mol. The number of carbonyl (C=O) groups excluding carboxylic acids is 1. The molecule has 0 saturated carbocycles. The molecule has 1 aromatic heterocycles. The Morgan fingerprint density at radius 3 is 2.40 bits per heavy atom. The van der Waals surface area contributed by atoms with Crippen LogP contribution in [0.15, 0.2) is 0 Å². The number of likely N-dealkylation sites (tertiary alicyclic amines) is 1. The molecule has 2 saturated heterocycles. The van der Waals surface area contributed by atoms with Crippen LogP contribution in [-0.4, -0.2) is 93.7 Å². The summed E-state index contributed by atoms with van der Waals surface area (Å²) in [6.45, 7) is 6.97. The van der Waals surface area contributed by atoms with Gasteiger partial charge in [0, 0.05) is 52.2 Å². The molecule has 8 heteroatoms. The number of rotatable bonds is 5. The van der Waals surface area contributed by atoms with Gasteiger partial charge < -0.3 is 14.4 Å². The summed E-state index contributed by atoms with van der Waals surface area (Å²) in [5.74, 6) is 3.40. The van der Waals surface area contributed by atoms with Crippen LogP contribution in [0.4, 0.5) is 0 Å². The SMILES string of the molecule is CSCC(=O)N1CCC(c2nnc(CN3CCN(C)CC3)n2C)CC1. The molecule has 0 N–H and O–H groups in total. The maximum Gasteiger partial charge on any atom is 0.232 e. The van der Waals surface area contributed by atoms with Crippen molar-refractivity contribution >= 4 is 17.7 Å². The van der Waals surface area contributed by atoms with Crippen molar-refractivity contribution in [2.24, 2.45) is 7.05 Å². The highest BCUT2D eigenvalue weighted by Gasteiger charge is 2.27. The van der Waals surface area contributed by atoms with Gasteiger partial charge in [0.1, 0.15) is 11.6 Å². The van der Waals surface area contributed by atoms with E-state index in [1.165, 1.54) is 0 Å². The summed E-state index contributed by atoms with van der Waals surface area (Å²) in [5, 5.41) is 8.96. The number of aromatic nitrogens is 3. The summed E-state index contributed by atoms with van der Waals surface area (Å²) in [5.41, 5.74) is 0. The predicted octanol–water partition coefficient (Wildman–Crippen LogP) is 0.632. The summed E-state index contributed by atoms with van der Waals surface area (Å²) < 4.78 is 2.18. The van der Waals surface area contributed by atoms with Gasteiger partial charge in [-0.25, -0.2) is 0 Å². The van der Waals surface area contributed by atoms with Crippen LogP contribution in [-0.2, 0) is 18.4 Å². The molecule has 3 heterocycles. The highest BCUT2D eigenvalue weighted by molar-refractivity contribution is 7.99. The monoisotopic (exact) mass is 366 g/mol. The zero-order valence-electron chi connectivity index (χ0n) is 15.6. The molecule has 0 atom stereocenters. The number of carbonyl (C=O) groups is 1. The highest BCUT2D eigenvalue weighted by Crippen LogP contribution is 2.27. The average Bonchev–Trinajstić information content (AvgIpc) is 2.98. The third-order valence-electron chi connectivity index (χ3n) is 5.44. The number of hydrogen-bond acceptors (Lipinski definition) is 6. The van der Waals surface area contributed by atoms with Gasteiger partial charge in [-0.1, -0.05) is 0 Å². The molecule has 3 rings (SSSR count). The molecule has 25 heavy (non-hydrogen) atoms.